The zero-order valence-corrected chi connectivity index (χ0v) is 9.76. The predicted octanol–water partition coefficient (Wildman–Crippen LogP) is -0.314. The number of carbonyl (C=O) groups is 1. The molecule has 2 unspecified atom stereocenters. The van der Waals surface area contributed by atoms with Crippen LogP contribution in [0.15, 0.2) is 12.1 Å². The molecule has 100 valence electrons. The highest BCUT2D eigenvalue weighted by Crippen LogP contribution is 2.30. The van der Waals surface area contributed by atoms with Gasteiger partial charge in [-0.05, 0) is 6.07 Å². The average Bonchev–Trinajstić information content (AvgIpc) is 2.27. The number of anilines is 1. The molecule has 6 nitrogen and oxygen atoms in total. The minimum Gasteiger partial charge on any atom is -0.495 e. The molecular formula is C11H15FN2O4. The van der Waals surface area contributed by atoms with Gasteiger partial charge in [0, 0.05) is 11.6 Å². The van der Waals surface area contributed by atoms with Crippen molar-refractivity contribution >= 4 is 11.6 Å². The summed E-state index contributed by atoms with van der Waals surface area (Å²) in [6.45, 7) is 0. The van der Waals surface area contributed by atoms with Gasteiger partial charge in [-0.25, -0.2) is 4.39 Å². The van der Waals surface area contributed by atoms with Crippen LogP contribution in [0, 0.1) is 5.82 Å². The van der Waals surface area contributed by atoms with Gasteiger partial charge in [0.15, 0.2) is 0 Å². The van der Waals surface area contributed by atoms with Crippen molar-refractivity contribution < 1.29 is 24.1 Å². The van der Waals surface area contributed by atoms with Gasteiger partial charge in [-0.2, -0.15) is 0 Å². The maximum Gasteiger partial charge on any atom is 0.220 e. The van der Waals surface area contributed by atoms with E-state index in [2.05, 4.69) is 0 Å². The lowest BCUT2D eigenvalue weighted by Crippen LogP contribution is -2.26. The van der Waals surface area contributed by atoms with Crippen LogP contribution in [0.5, 0.6) is 5.75 Å². The molecule has 0 aromatic heterocycles. The molecule has 0 aliphatic rings. The zero-order valence-electron chi connectivity index (χ0n) is 9.76. The van der Waals surface area contributed by atoms with E-state index < -0.39 is 30.4 Å². The minimum atomic E-state index is -1.59. The molecule has 1 amide bonds. The highest BCUT2D eigenvalue weighted by molar-refractivity contribution is 5.74. The number of nitrogen functional groups attached to an aromatic ring is 1. The molecular weight excluding hydrogens is 243 g/mol. The van der Waals surface area contributed by atoms with Crippen molar-refractivity contribution in [3.63, 3.8) is 0 Å². The summed E-state index contributed by atoms with van der Waals surface area (Å²) in [5.41, 5.74) is 10.2. The van der Waals surface area contributed by atoms with E-state index in [-0.39, 0.29) is 17.0 Å². The number of nitrogens with two attached hydrogens (primary N) is 2. The lowest BCUT2D eigenvalue weighted by atomic mass is 10.0. The summed E-state index contributed by atoms with van der Waals surface area (Å²) in [7, 11) is 1.33. The molecule has 0 spiro atoms. The number of amides is 1. The molecule has 0 saturated carbocycles. The Morgan fingerprint density at radius 3 is 2.61 bits per heavy atom. The maximum atomic E-state index is 13.6. The fraction of sp³-hybridized carbons (Fsp3) is 0.364. The van der Waals surface area contributed by atoms with Crippen LogP contribution in [0.4, 0.5) is 10.1 Å². The van der Waals surface area contributed by atoms with E-state index in [0.29, 0.717) is 0 Å². The van der Waals surface area contributed by atoms with Crippen molar-refractivity contribution in [1.29, 1.82) is 0 Å². The highest BCUT2D eigenvalue weighted by atomic mass is 19.1. The third kappa shape index (κ3) is 3.08. The third-order valence-corrected chi connectivity index (χ3v) is 2.44. The van der Waals surface area contributed by atoms with Crippen LogP contribution in [0.1, 0.15) is 18.1 Å². The Morgan fingerprint density at radius 1 is 1.50 bits per heavy atom. The van der Waals surface area contributed by atoms with E-state index >= 15 is 0 Å². The molecule has 18 heavy (non-hydrogen) atoms. The van der Waals surface area contributed by atoms with Gasteiger partial charge in [-0.15, -0.1) is 0 Å². The van der Waals surface area contributed by atoms with Gasteiger partial charge in [0.1, 0.15) is 17.7 Å². The Balaban J connectivity index is 3.04. The van der Waals surface area contributed by atoms with E-state index in [0.717, 1.165) is 6.07 Å². The summed E-state index contributed by atoms with van der Waals surface area (Å²) < 4.78 is 18.5. The first-order chi connectivity index (χ1) is 8.36. The number of hydrogen-bond donors (Lipinski definition) is 4. The van der Waals surface area contributed by atoms with Crippen molar-refractivity contribution in [1.82, 2.24) is 0 Å². The molecule has 7 heteroatoms. The van der Waals surface area contributed by atoms with Crippen LogP contribution in [0.25, 0.3) is 0 Å². The number of rotatable bonds is 5. The number of methoxy groups -OCH3 is 1. The minimum absolute atomic E-state index is 0.0651. The Labute approximate surface area is 103 Å². The fourth-order valence-corrected chi connectivity index (χ4v) is 1.51. The molecule has 0 bridgehead atoms. The van der Waals surface area contributed by atoms with Gasteiger partial charge < -0.3 is 26.4 Å². The first-order valence-electron chi connectivity index (χ1n) is 5.14. The summed E-state index contributed by atoms with van der Waals surface area (Å²) in [5.74, 6) is -1.44. The SMILES string of the molecule is COc1cc(C(O)C(O)CC(N)=O)c(F)cc1N. The maximum absolute atomic E-state index is 13.6. The Kier molecular flexibility index (Phi) is 4.46. The molecule has 0 aliphatic carbocycles. The number of benzene rings is 1. The van der Waals surface area contributed by atoms with Gasteiger partial charge in [0.25, 0.3) is 0 Å². The van der Waals surface area contributed by atoms with Gasteiger partial charge in [0.05, 0.1) is 25.3 Å². The number of hydrogen-bond acceptors (Lipinski definition) is 5. The van der Waals surface area contributed by atoms with Crippen LogP contribution in [-0.4, -0.2) is 29.3 Å². The Bertz CT molecular complexity index is 453. The van der Waals surface area contributed by atoms with Gasteiger partial charge in [0.2, 0.25) is 5.91 Å². The van der Waals surface area contributed by atoms with Crippen molar-refractivity contribution in [2.75, 3.05) is 12.8 Å². The van der Waals surface area contributed by atoms with Gasteiger partial charge in [-0.3, -0.25) is 4.79 Å². The van der Waals surface area contributed by atoms with Gasteiger partial charge in [-0.1, -0.05) is 0 Å². The molecule has 6 N–H and O–H groups in total. The molecule has 0 saturated heterocycles. The Morgan fingerprint density at radius 2 is 2.11 bits per heavy atom. The van der Waals surface area contributed by atoms with Crippen LogP contribution in [0.3, 0.4) is 0 Å². The third-order valence-electron chi connectivity index (χ3n) is 2.44. The molecule has 2 atom stereocenters. The Hall–Kier alpha value is -1.86. The number of aliphatic hydroxyl groups excluding tert-OH is 2. The average molecular weight is 258 g/mol. The van der Waals surface area contributed by atoms with E-state index in [4.69, 9.17) is 16.2 Å². The number of ether oxygens (including phenoxy) is 1. The molecule has 0 fully saturated rings. The summed E-state index contributed by atoms with van der Waals surface area (Å²) in [4.78, 5) is 10.6. The van der Waals surface area contributed by atoms with Crippen LogP contribution in [0.2, 0.25) is 0 Å². The number of aliphatic hydroxyl groups is 2. The lowest BCUT2D eigenvalue weighted by molar-refractivity contribution is -0.121. The van der Waals surface area contributed by atoms with Crippen molar-refractivity contribution in [2.24, 2.45) is 5.73 Å². The molecule has 1 aromatic carbocycles. The van der Waals surface area contributed by atoms with E-state index in [1.165, 1.54) is 13.2 Å². The summed E-state index contributed by atoms with van der Waals surface area (Å²) in [6.07, 6.45) is -3.56. The number of carbonyl (C=O) groups excluding carboxylic acids is 1. The highest BCUT2D eigenvalue weighted by Gasteiger charge is 2.24. The second-order valence-electron chi connectivity index (χ2n) is 3.80. The standard InChI is InChI=1S/C11H15FN2O4/c1-18-9-2-5(6(12)3-7(9)13)11(17)8(15)4-10(14)16/h2-3,8,11,15,17H,4,13H2,1H3,(H2,14,16). The topological polar surface area (TPSA) is 119 Å². The quantitative estimate of drug-likeness (QED) is 0.540. The first-order valence-corrected chi connectivity index (χ1v) is 5.14. The summed E-state index contributed by atoms with van der Waals surface area (Å²) >= 11 is 0. The molecule has 1 aromatic rings. The van der Waals surface area contributed by atoms with Crippen LogP contribution < -0.4 is 16.2 Å². The van der Waals surface area contributed by atoms with Gasteiger partial charge >= 0.3 is 0 Å². The van der Waals surface area contributed by atoms with Crippen molar-refractivity contribution in [3.05, 3.63) is 23.5 Å². The molecule has 0 radical (unpaired) electrons. The first kappa shape index (κ1) is 14.2. The monoisotopic (exact) mass is 258 g/mol. The second-order valence-corrected chi connectivity index (χ2v) is 3.80. The fourth-order valence-electron chi connectivity index (χ4n) is 1.51. The molecule has 0 aliphatic heterocycles. The largest absolute Gasteiger partial charge is 0.495 e. The van der Waals surface area contributed by atoms with E-state index in [9.17, 15) is 19.4 Å². The normalized spacial score (nSPS) is 14.0. The van der Waals surface area contributed by atoms with Crippen LogP contribution in [-0.2, 0) is 4.79 Å². The zero-order chi connectivity index (χ0) is 13.9. The smallest absolute Gasteiger partial charge is 0.220 e. The van der Waals surface area contributed by atoms with Crippen LogP contribution >= 0.6 is 0 Å². The molecule has 0 heterocycles. The van der Waals surface area contributed by atoms with Crippen molar-refractivity contribution in [3.8, 4) is 5.75 Å². The van der Waals surface area contributed by atoms with E-state index in [1.54, 1.807) is 0 Å². The number of halogens is 1. The molecule has 1 rings (SSSR count). The second kappa shape index (κ2) is 5.65. The number of primary amides is 1. The predicted molar refractivity (Wildman–Crippen MR) is 62.1 cm³/mol. The summed E-state index contributed by atoms with van der Waals surface area (Å²) in [5, 5.41) is 19.2. The van der Waals surface area contributed by atoms with E-state index in [1.807, 2.05) is 0 Å². The van der Waals surface area contributed by atoms with Crippen molar-refractivity contribution in [2.45, 2.75) is 18.6 Å². The lowest BCUT2D eigenvalue weighted by Gasteiger charge is -2.18. The summed E-state index contributed by atoms with van der Waals surface area (Å²) in [6, 6.07) is 2.13.